The van der Waals surface area contributed by atoms with Crippen LogP contribution in [0.2, 0.25) is 0 Å². The standard InChI is InChI=1S/C22H25BrN4O5/c1-4-14(2)25-21(29)22(30)27-24-12-15-5-10-18(19(11-15)31-3)32-13-20(28)26-17-8-6-16(23)7-9-17/h5-12,14H,4,13H2,1-3H3,(H,25,29)(H,26,28)(H,27,30)/b24-12-/t14-/m1/s1. The van der Waals surface area contributed by atoms with Crippen molar-refractivity contribution in [3.63, 3.8) is 0 Å². The van der Waals surface area contributed by atoms with Gasteiger partial charge < -0.3 is 20.1 Å². The molecule has 0 radical (unpaired) electrons. The van der Waals surface area contributed by atoms with Crippen LogP contribution in [0, 0.1) is 0 Å². The summed E-state index contributed by atoms with van der Waals surface area (Å²) in [7, 11) is 1.46. The Kier molecular flexibility index (Phi) is 9.68. The Morgan fingerprint density at radius 3 is 2.47 bits per heavy atom. The molecule has 0 unspecified atom stereocenters. The minimum absolute atomic E-state index is 0.106. The topological polar surface area (TPSA) is 118 Å². The Bertz CT molecular complexity index is 979. The molecule has 0 spiro atoms. The molecule has 0 aliphatic heterocycles. The number of anilines is 1. The van der Waals surface area contributed by atoms with E-state index in [0.717, 1.165) is 4.47 Å². The normalized spacial score (nSPS) is 11.5. The minimum atomic E-state index is -0.856. The molecule has 170 valence electrons. The van der Waals surface area contributed by atoms with E-state index in [4.69, 9.17) is 9.47 Å². The molecule has 0 heterocycles. The molecular formula is C22H25BrN4O5. The highest BCUT2D eigenvalue weighted by molar-refractivity contribution is 9.10. The molecule has 2 rings (SSSR count). The molecule has 0 aliphatic carbocycles. The van der Waals surface area contributed by atoms with Crippen LogP contribution in [0.1, 0.15) is 25.8 Å². The smallest absolute Gasteiger partial charge is 0.329 e. The Balaban J connectivity index is 1.90. The molecular weight excluding hydrogens is 480 g/mol. The molecule has 0 saturated heterocycles. The molecule has 0 fully saturated rings. The number of hydrogen-bond acceptors (Lipinski definition) is 6. The maximum absolute atomic E-state index is 12.1. The second-order valence-corrected chi connectivity index (χ2v) is 7.65. The summed E-state index contributed by atoms with van der Waals surface area (Å²) in [4.78, 5) is 35.5. The Hall–Kier alpha value is -3.40. The summed E-state index contributed by atoms with van der Waals surface area (Å²) in [6.45, 7) is 3.49. The van der Waals surface area contributed by atoms with Crippen molar-refractivity contribution in [2.24, 2.45) is 5.10 Å². The van der Waals surface area contributed by atoms with Gasteiger partial charge in [0.25, 0.3) is 5.91 Å². The van der Waals surface area contributed by atoms with Crippen molar-refractivity contribution in [2.45, 2.75) is 26.3 Å². The number of rotatable bonds is 9. The van der Waals surface area contributed by atoms with Crippen LogP contribution < -0.4 is 25.5 Å². The van der Waals surface area contributed by atoms with Gasteiger partial charge in [0.15, 0.2) is 18.1 Å². The molecule has 1 atom stereocenters. The van der Waals surface area contributed by atoms with Gasteiger partial charge in [-0.15, -0.1) is 0 Å². The van der Waals surface area contributed by atoms with Crippen LogP contribution in [0.25, 0.3) is 0 Å². The maximum Gasteiger partial charge on any atom is 0.329 e. The van der Waals surface area contributed by atoms with Crippen molar-refractivity contribution in [3.05, 3.63) is 52.5 Å². The average Bonchev–Trinajstić information content (AvgIpc) is 2.79. The van der Waals surface area contributed by atoms with Gasteiger partial charge >= 0.3 is 11.8 Å². The summed E-state index contributed by atoms with van der Waals surface area (Å²) in [6, 6.07) is 12.0. The Morgan fingerprint density at radius 1 is 1.09 bits per heavy atom. The van der Waals surface area contributed by atoms with Crippen LogP contribution in [-0.4, -0.2) is 43.7 Å². The first-order valence-corrected chi connectivity index (χ1v) is 10.6. The monoisotopic (exact) mass is 504 g/mol. The van der Waals surface area contributed by atoms with E-state index >= 15 is 0 Å². The summed E-state index contributed by atoms with van der Waals surface area (Å²) < 4.78 is 11.8. The SMILES string of the molecule is CC[C@@H](C)NC(=O)C(=O)N/N=C\c1ccc(OCC(=O)Nc2ccc(Br)cc2)c(OC)c1. The van der Waals surface area contributed by atoms with Crippen molar-refractivity contribution in [1.29, 1.82) is 0 Å². The predicted octanol–water partition coefficient (Wildman–Crippen LogP) is 2.84. The largest absolute Gasteiger partial charge is 0.493 e. The Morgan fingerprint density at radius 2 is 1.81 bits per heavy atom. The van der Waals surface area contributed by atoms with Crippen LogP contribution in [0.5, 0.6) is 11.5 Å². The quantitative estimate of drug-likeness (QED) is 0.275. The van der Waals surface area contributed by atoms with Crippen molar-refractivity contribution >= 4 is 45.6 Å². The van der Waals surface area contributed by atoms with Gasteiger partial charge in [0, 0.05) is 16.2 Å². The number of ether oxygens (including phenoxy) is 2. The van der Waals surface area contributed by atoms with Gasteiger partial charge in [-0.05, 0) is 61.4 Å². The van der Waals surface area contributed by atoms with E-state index in [0.29, 0.717) is 29.2 Å². The fourth-order valence-electron chi connectivity index (χ4n) is 2.36. The zero-order valence-corrected chi connectivity index (χ0v) is 19.6. The van der Waals surface area contributed by atoms with Crippen LogP contribution in [-0.2, 0) is 14.4 Å². The summed E-state index contributed by atoms with van der Waals surface area (Å²) in [5, 5.41) is 9.06. The van der Waals surface area contributed by atoms with Crippen LogP contribution in [0.3, 0.4) is 0 Å². The number of halogens is 1. The van der Waals surface area contributed by atoms with Gasteiger partial charge in [-0.2, -0.15) is 5.10 Å². The minimum Gasteiger partial charge on any atom is -0.493 e. The van der Waals surface area contributed by atoms with Crippen molar-refractivity contribution in [1.82, 2.24) is 10.7 Å². The van der Waals surface area contributed by atoms with Crippen molar-refractivity contribution in [3.8, 4) is 11.5 Å². The number of nitrogens with zero attached hydrogens (tertiary/aromatic N) is 1. The predicted molar refractivity (Wildman–Crippen MR) is 125 cm³/mol. The molecule has 0 saturated carbocycles. The number of carbonyl (C=O) groups excluding carboxylic acids is 3. The van der Waals surface area contributed by atoms with E-state index in [1.807, 2.05) is 19.1 Å². The number of benzene rings is 2. The lowest BCUT2D eigenvalue weighted by Crippen LogP contribution is -2.41. The first-order chi connectivity index (χ1) is 15.3. The summed E-state index contributed by atoms with van der Waals surface area (Å²) in [5.41, 5.74) is 3.42. The van der Waals surface area contributed by atoms with Gasteiger partial charge in [-0.3, -0.25) is 14.4 Å². The summed E-state index contributed by atoms with van der Waals surface area (Å²) in [5.74, 6) is -1.18. The first kappa shape index (κ1) is 24.9. The van der Waals surface area contributed by atoms with Gasteiger partial charge in [-0.1, -0.05) is 22.9 Å². The molecule has 10 heteroatoms. The third-order valence-corrected chi connectivity index (χ3v) is 4.78. The highest BCUT2D eigenvalue weighted by atomic mass is 79.9. The number of hydrogen-bond donors (Lipinski definition) is 3. The third kappa shape index (κ3) is 8.03. The Labute approximate surface area is 194 Å². The maximum atomic E-state index is 12.1. The van der Waals surface area contributed by atoms with Gasteiger partial charge in [-0.25, -0.2) is 5.43 Å². The molecule has 2 aromatic rings. The number of carbonyl (C=O) groups is 3. The van der Waals surface area contributed by atoms with E-state index in [9.17, 15) is 14.4 Å². The first-order valence-electron chi connectivity index (χ1n) is 9.82. The number of hydrazone groups is 1. The lowest BCUT2D eigenvalue weighted by Gasteiger charge is -2.11. The fraction of sp³-hybridized carbons (Fsp3) is 0.273. The summed E-state index contributed by atoms with van der Waals surface area (Å²) >= 11 is 3.34. The second kappa shape index (κ2) is 12.5. The lowest BCUT2D eigenvalue weighted by molar-refractivity contribution is -0.139. The van der Waals surface area contributed by atoms with Gasteiger partial charge in [0.1, 0.15) is 0 Å². The average molecular weight is 505 g/mol. The molecule has 32 heavy (non-hydrogen) atoms. The van der Waals surface area contributed by atoms with Crippen LogP contribution in [0.4, 0.5) is 5.69 Å². The lowest BCUT2D eigenvalue weighted by atomic mass is 10.2. The molecule has 0 bridgehead atoms. The summed E-state index contributed by atoms with van der Waals surface area (Å²) in [6.07, 6.45) is 2.07. The number of nitrogens with one attached hydrogen (secondary N) is 3. The fourth-order valence-corrected chi connectivity index (χ4v) is 2.63. The van der Waals surface area contributed by atoms with Crippen molar-refractivity contribution in [2.75, 3.05) is 19.0 Å². The van der Waals surface area contributed by atoms with E-state index in [1.54, 1.807) is 37.3 Å². The van der Waals surface area contributed by atoms with E-state index in [-0.39, 0.29) is 18.6 Å². The zero-order valence-electron chi connectivity index (χ0n) is 18.0. The third-order valence-electron chi connectivity index (χ3n) is 4.25. The highest BCUT2D eigenvalue weighted by Crippen LogP contribution is 2.27. The molecule has 9 nitrogen and oxygen atoms in total. The van der Waals surface area contributed by atoms with E-state index in [1.165, 1.54) is 13.3 Å². The molecule has 2 aromatic carbocycles. The zero-order chi connectivity index (χ0) is 23.5. The van der Waals surface area contributed by atoms with E-state index in [2.05, 4.69) is 37.1 Å². The van der Waals surface area contributed by atoms with Crippen LogP contribution >= 0.6 is 15.9 Å². The highest BCUT2D eigenvalue weighted by Gasteiger charge is 2.14. The second-order valence-electron chi connectivity index (χ2n) is 6.74. The van der Waals surface area contributed by atoms with Gasteiger partial charge in [0.2, 0.25) is 0 Å². The molecule has 0 aliphatic rings. The molecule has 3 amide bonds. The number of methoxy groups -OCH3 is 1. The van der Waals surface area contributed by atoms with Crippen LogP contribution in [0.15, 0.2) is 52.0 Å². The number of amides is 3. The van der Waals surface area contributed by atoms with Gasteiger partial charge in [0.05, 0.1) is 13.3 Å². The molecule has 3 N–H and O–H groups in total. The van der Waals surface area contributed by atoms with E-state index < -0.39 is 11.8 Å². The molecule has 0 aromatic heterocycles. The van der Waals surface area contributed by atoms with Crippen molar-refractivity contribution < 1.29 is 23.9 Å².